The van der Waals surface area contributed by atoms with E-state index in [1.165, 1.54) is 65.0 Å². The highest BCUT2D eigenvalue weighted by Gasteiger charge is 2.31. The molecule has 0 aromatic rings. The number of rotatable bonds is 3. The van der Waals surface area contributed by atoms with E-state index in [0.717, 1.165) is 24.5 Å². The number of hydrogen-bond acceptors (Lipinski definition) is 4. The van der Waals surface area contributed by atoms with E-state index in [4.69, 9.17) is 0 Å². The average Bonchev–Trinajstić information content (AvgIpc) is 2.46. The largest absolute Gasteiger partial charge is 0.316 e. The lowest BCUT2D eigenvalue weighted by Gasteiger charge is -2.42. The summed E-state index contributed by atoms with van der Waals surface area (Å²) in [4.78, 5) is 5.10. The van der Waals surface area contributed by atoms with Gasteiger partial charge in [0.1, 0.15) is 0 Å². The SMILES string of the molecule is CN1CCC(NCN2CCC3CNCCC3C2)CC1. The molecule has 0 bridgehead atoms. The number of nitrogens with zero attached hydrogens (tertiary/aromatic N) is 2. The molecule has 4 heteroatoms. The zero-order chi connectivity index (χ0) is 13.1. The third-order valence-corrected chi connectivity index (χ3v) is 5.40. The number of nitrogens with one attached hydrogen (secondary N) is 2. The Hall–Kier alpha value is -0.160. The number of likely N-dealkylation sites (tertiary alicyclic amines) is 2. The van der Waals surface area contributed by atoms with Crippen LogP contribution >= 0.6 is 0 Å². The summed E-state index contributed by atoms with van der Waals surface area (Å²) in [5.74, 6) is 1.91. The van der Waals surface area contributed by atoms with Crippen LogP contribution in [0.2, 0.25) is 0 Å². The van der Waals surface area contributed by atoms with Gasteiger partial charge in [-0.1, -0.05) is 0 Å². The number of fused-ring (bicyclic) bond motifs is 1. The fraction of sp³-hybridized carbons (Fsp3) is 1.00. The summed E-state index contributed by atoms with van der Waals surface area (Å²) in [6.07, 6.45) is 5.42. The van der Waals surface area contributed by atoms with Gasteiger partial charge in [0.15, 0.2) is 0 Å². The van der Waals surface area contributed by atoms with E-state index < -0.39 is 0 Å². The molecule has 0 radical (unpaired) electrons. The van der Waals surface area contributed by atoms with Crippen molar-refractivity contribution < 1.29 is 0 Å². The lowest BCUT2D eigenvalue weighted by molar-refractivity contribution is 0.0829. The molecule has 0 saturated carbocycles. The molecule has 2 unspecified atom stereocenters. The van der Waals surface area contributed by atoms with Crippen molar-refractivity contribution in [3.8, 4) is 0 Å². The summed E-state index contributed by atoms with van der Waals surface area (Å²) in [5, 5.41) is 7.34. The molecule has 3 rings (SSSR count). The Kier molecular flexibility index (Phi) is 4.74. The van der Waals surface area contributed by atoms with E-state index in [9.17, 15) is 0 Å². The molecule has 0 aromatic heterocycles. The standard InChI is InChI=1S/C15H30N4/c1-18-7-4-15(5-8-18)17-12-19-9-3-13-10-16-6-2-14(13)11-19/h13-17H,2-12H2,1H3. The van der Waals surface area contributed by atoms with Gasteiger partial charge >= 0.3 is 0 Å². The summed E-state index contributed by atoms with van der Waals surface area (Å²) in [6, 6.07) is 0.752. The highest BCUT2D eigenvalue weighted by molar-refractivity contribution is 4.85. The van der Waals surface area contributed by atoms with Crippen LogP contribution in [-0.4, -0.2) is 68.8 Å². The Labute approximate surface area is 117 Å². The van der Waals surface area contributed by atoms with Crippen LogP contribution in [0.4, 0.5) is 0 Å². The summed E-state index contributed by atoms with van der Waals surface area (Å²) in [5.41, 5.74) is 0. The Morgan fingerprint density at radius 3 is 2.74 bits per heavy atom. The molecule has 4 nitrogen and oxygen atoms in total. The van der Waals surface area contributed by atoms with Gasteiger partial charge < -0.3 is 15.5 Å². The van der Waals surface area contributed by atoms with Crippen LogP contribution in [0.3, 0.4) is 0 Å². The Balaban J connectivity index is 1.39. The molecule has 19 heavy (non-hydrogen) atoms. The van der Waals surface area contributed by atoms with Crippen LogP contribution in [-0.2, 0) is 0 Å². The van der Waals surface area contributed by atoms with Gasteiger partial charge in [0.2, 0.25) is 0 Å². The van der Waals surface area contributed by atoms with Crippen LogP contribution in [0.25, 0.3) is 0 Å². The predicted octanol–water partition coefficient (Wildman–Crippen LogP) is 0.559. The predicted molar refractivity (Wildman–Crippen MR) is 79.2 cm³/mol. The minimum absolute atomic E-state index is 0.752. The first-order valence-electron chi connectivity index (χ1n) is 8.16. The third-order valence-electron chi connectivity index (χ3n) is 5.40. The molecule has 3 aliphatic rings. The minimum atomic E-state index is 0.752. The van der Waals surface area contributed by atoms with E-state index in [1.807, 2.05) is 0 Å². The molecule has 3 heterocycles. The average molecular weight is 266 g/mol. The van der Waals surface area contributed by atoms with Crippen LogP contribution < -0.4 is 10.6 Å². The molecule has 3 aliphatic heterocycles. The Morgan fingerprint density at radius 2 is 1.89 bits per heavy atom. The number of hydrogen-bond donors (Lipinski definition) is 2. The quantitative estimate of drug-likeness (QED) is 0.781. The highest BCUT2D eigenvalue weighted by Crippen LogP contribution is 2.27. The smallest absolute Gasteiger partial charge is 0.0482 e. The van der Waals surface area contributed by atoms with Crippen LogP contribution in [0.5, 0.6) is 0 Å². The van der Waals surface area contributed by atoms with Crippen molar-refractivity contribution in [3.63, 3.8) is 0 Å². The molecule has 2 N–H and O–H groups in total. The lowest BCUT2D eigenvalue weighted by atomic mass is 9.81. The van der Waals surface area contributed by atoms with E-state index >= 15 is 0 Å². The van der Waals surface area contributed by atoms with Crippen LogP contribution in [0, 0.1) is 11.8 Å². The molecule has 2 atom stereocenters. The van der Waals surface area contributed by atoms with Gasteiger partial charge in [-0.2, -0.15) is 0 Å². The minimum Gasteiger partial charge on any atom is -0.316 e. The van der Waals surface area contributed by atoms with Gasteiger partial charge in [0.25, 0.3) is 0 Å². The molecule has 3 saturated heterocycles. The van der Waals surface area contributed by atoms with Gasteiger partial charge in [-0.05, 0) is 77.3 Å². The summed E-state index contributed by atoms with van der Waals surface area (Å²) in [7, 11) is 2.23. The van der Waals surface area contributed by atoms with E-state index in [-0.39, 0.29) is 0 Å². The van der Waals surface area contributed by atoms with Gasteiger partial charge in [-0.25, -0.2) is 0 Å². The maximum absolute atomic E-state index is 3.79. The topological polar surface area (TPSA) is 30.5 Å². The summed E-state index contributed by atoms with van der Waals surface area (Å²) < 4.78 is 0. The Morgan fingerprint density at radius 1 is 1.05 bits per heavy atom. The van der Waals surface area contributed by atoms with Crippen molar-refractivity contribution in [3.05, 3.63) is 0 Å². The fourth-order valence-corrected chi connectivity index (χ4v) is 3.94. The molecule has 3 fully saturated rings. The monoisotopic (exact) mass is 266 g/mol. The molecular formula is C15H30N4. The Bertz CT molecular complexity index is 275. The highest BCUT2D eigenvalue weighted by atomic mass is 15.2. The second-order valence-corrected chi connectivity index (χ2v) is 6.82. The van der Waals surface area contributed by atoms with E-state index in [1.54, 1.807) is 0 Å². The number of piperidine rings is 3. The second-order valence-electron chi connectivity index (χ2n) is 6.82. The van der Waals surface area contributed by atoms with Gasteiger partial charge in [-0.15, -0.1) is 0 Å². The van der Waals surface area contributed by atoms with E-state index in [2.05, 4.69) is 27.5 Å². The van der Waals surface area contributed by atoms with Gasteiger partial charge in [0, 0.05) is 19.3 Å². The van der Waals surface area contributed by atoms with Crippen LogP contribution in [0.1, 0.15) is 25.7 Å². The molecule has 110 valence electrons. The van der Waals surface area contributed by atoms with Crippen molar-refractivity contribution >= 4 is 0 Å². The zero-order valence-electron chi connectivity index (χ0n) is 12.4. The first kappa shape index (κ1) is 13.8. The zero-order valence-corrected chi connectivity index (χ0v) is 12.4. The van der Waals surface area contributed by atoms with Crippen molar-refractivity contribution in [2.24, 2.45) is 11.8 Å². The molecule has 0 amide bonds. The van der Waals surface area contributed by atoms with Crippen molar-refractivity contribution in [1.82, 2.24) is 20.4 Å². The lowest BCUT2D eigenvalue weighted by Crippen LogP contribution is -2.52. The van der Waals surface area contributed by atoms with Gasteiger partial charge in [-0.3, -0.25) is 4.90 Å². The molecule has 0 aromatic carbocycles. The second kappa shape index (κ2) is 6.53. The maximum Gasteiger partial charge on any atom is 0.0482 e. The van der Waals surface area contributed by atoms with E-state index in [0.29, 0.717) is 0 Å². The summed E-state index contributed by atoms with van der Waals surface area (Å²) >= 11 is 0. The summed E-state index contributed by atoms with van der Waals surface area (Å²) in [6.45, 7) is 8.75. The van der Waals surface area contributed by atoms with Crippen molar-refractivity contribution in [2.75, 3.05) is 53.0 Å². The van der Waals surface area contributed by atoms with Gasteiger partial charge in [0.05, 0.1) is 0 Å². The first-order chi connectivity index (χ1) is 9.31. The first-order valence-corrected chi connectivity index (χ1v) is 8.16. The molecule has 0 spiro atoms. The molecular weight excluding hydrogens is 236 g/mol. The van der Waals surface area contributed by atoms with Crippen molar-refractivity contribution in [1.29, 1.82) is 0 Å². The molecule has 0 aliphatic carbocycles. The normalized spacial score (nSPS) is 35.2. The third kappa shape index (κ3) is 3.69. The van der Waals surface area contributed by atoms with Crippen molar-refractivity contribution in [2.45, 2.75) is 31.7 Å². The fourth-order valence-electron chi connectivity index (χ4n) is 3.94. The van der Waals surface area contributed by atoms with Crippen LogP contribution in [0.15, 0.2) is 0 Å². The maximum atomic E-state index is 3.79.